The molecular formula is C10H14N2O. The summed E-state index contributed by atoms with van der Waals surface area (Å²) >= 11 is 0. The maximum atomic E-state index is 5.59. The van der Waals surface area contributed by atoms with Crippen molar-refractivity contribution in [3.05, 3.63) is 29.8 Å². The Morgan fingerprint density at radius 3 is 2.69 bits per heavy atom. The van der Waals surface area contributed by atoms with Crippen molar-refractivity contribution in [2.24, 2.45) is 0 Å². The Morgan fingerprint density at radius 2 is 2.08 bits per heavy atom. The van der Waals surface area contributed by atoms with Gasteiger partial charge in [-0.05, 0) is 24.1 Å². The third kappa shape index (κ3) is 2.20. The van der Waals surface area contributed by atoms with E-state index in [9.17, 15) is 0 Å². The second kappa shape index (κ2) is 3.77. The first-order valence-corrected chi connectivity index (χ1v) is 4.57. The lowest BCUT2D eigenvalue weighted by molar-refractivity contribution is -0.117. The topological polar surface area (TPSA) is 38.5 Å². The number of hydrogen-bond acceptors (Lipinski definition) is 3. The molecule has 0 aliphatic carbocycles. The van der Waals surface area contributed by atoms with Crippen LogP contribution in [0.5, 0.6) is 0 Å². The van der Waals surface area contributed by atoms with Gasteiger partial charge in [-0.1, -0.05) is 12.1 Å². The van der Waals surface area contributed by atoms with Gasteiger partial charge in [-0.25, -0.2) is 0 Å². The van der Waals surface area contributed by atoms with Crippen LogP contribution in [0.1, 0.15) is 12.0 Å². The predicted molar refractivity (Wildman–Crippen MR) is 51.8 cm³/mol. The Balaban J connectivity index is 1.97. The SMILES string of the molecule is Nc1ccc(CN2CCCO2)cc1. The average molecular weight is 178 g/mol. The zero-order chi connectivity index (χ0) is 9.10. The zero-order valence-electron chi connectivity index (χ0n) is 7.57. The second-order valence-corrected chi connectivity index (χ2v) is 3.29. The van der Waals surface area contributed by atoms with Crippen LogP contribution in [0.25, 0.3) is 0 Å². The van der Waals surface area contributed by atoms with Gasteiger partial charge < -0.3 is 5.73 Å². The lowest BCUT2D eigenvalue weighted by Gasteiger charge is -2.13. The van der Waals surface area contributed by atoms with E-state index in [-0.39, 0.29) is 0 Å². The molecule has 0 amide bonds. The minimum absolute atomic E-state index is 0.811. The zero-order valence-corrected chi connectivity index (χ0v) is 7.57. The second-order valence-electron chi connectivity index (χ2n) is 3.29. The Morgan fingerprint density at radius 1 is 1.31 bits per heavy atom. The highest BCUT2D eigenvalue weighted by atomic mass is 16.7. The third-order valence-electron chi connectivity index (χ3n) is 2.16. The lowest BCUT2D eigenvalue weighted by atomic mass is 10.2. The summed E-state index contributed by atoms with van der Waals surface area (Å²) in [6.07, 6.45) is 1.13. The number of benzene rings is 1. The maximum Gasteiger partial charge on any atom is 0.0698 e. The number of hydrogen-bond donors (Lipinski definition) is 1. The summed E-state index contributed by atoms with van der Waals surface area (Å²) in [6, 6.07) is 7.92. The largest absolute Gasteiger partial charge is 0.399 e. The molecule has 1 saturated heterocycles. The van der Waals surface area contributed by atoms with Crippen LogP contribution in [-0.2, 0) is 11.4 Å². The molecule has 3 nitrogen and oxygen atoms in total. The first-order chi connectivity index (χ1) is 6.34. The van der Waals surface area contributed by atoms with Gasteiger partial charge in [0.2, 0.25) is 0 Å². The quantitative estimate of drug-likeness (QED) is 0.696. The minimum Gasteiger partial charge on any atom is -0.399 e. The summed E-state index contributed by atoms with van der Waals surface area (Å²) < 4.78 is 0. The van der Waals surface area contributed by atoms with Crippen LogP contribution in [0, 0.1) is 0 Å². The monoisotopic (exact) mass is 178 g/mol. The van der Waals surface area contributed by atoms with E-state index >= 15 is 0 Å². The van der Waals surface area contributed by atoms with E-state index in [1.54, 1.807) is 0 Å². The molecule has 70 valence electrons. The summed E-state index contributed by atoms with van der Waals surface area (Å²) in [6.45, 7) is 2.75. The number of anilines is 1. The van der Waals surface area contributed by atoms with Crippen molar-refractivity contribution in [2.75, 3.05) is 18.9 Å². The molecule has 1 fully saturated rings. The molecule has 1 aromatic rings. The molecule has 1 aliphatic heterocycles. The molecule has 1 aromatic carbocycles. The first kappa shape index (κ1) is 8.53. The Bertz CT molecular complexity index is 265. The molecule has 0 atom stereocenters. The normalized spacial score (nSPS) is 17.8. The molecule has 2 rings (SSSR count). The van der Waals surface area contributed by atoms with E-state index < -0.39 is 0 Å². The molecule has 13 heavy (non-hydrogen) atoms. The highest BCUT2D eigenvalue weighted by Crippen LogP contribution is 2.12. The van der Waals surface area contributed by atoms with Gasteiger partial charge in [0.1, 0.15) is 0 Å². The molecule has 0 unspecified atom stereocenters. The molecule has 2 N–H and O–H groups in total. The standard InChI is InChI=1S/C10H14N2O/c11-10-4-2-9(3-5-10)8-12-6-1-7-13-12/h2-5H,1,6-8,11H2. The minimum atomic E-state index is 0.811. The van der Waals surface area contributed by atoms with E-state index in [1.807, 2.05) is 29.3 Å². The highest BCUT2D eigenvalue weighted by molar-refractivity contribution is 5.39. The van der Waals surface area contributed by atoms with Crippen LogP contribution in [0.3, 0.4) is 0 Å². The van der Waals surface area contributed by atoms with Gasteiger partial charge in [0.25, 0.3) is 0 Å². The summed E-state index contributed by atoms with van der Waals surface area (Å²) in [4.78, 5) is 5.39. The fraction of sp³-hybridized carbons (Fsp3) is 0.400. The maximum absolute atomic E-state index is 5.59. The van der Waals surface area contributed by atoms with Crippen LogP contribution in [-0.4, -0.2) is 18.2 Å². The Kier molecular flexibility index (Phi) is 2.47. The van der Waals surface area contributed by atoms with E-state index in [4.69, 9.17) is 10.6 Å². The number of rotatable bonds is 2. The summed E-state index contributed by atoms with van der Waals surface area (Å²) in [5.41, 5.74) is 7.65. The number of nitrogens with two attached hydrogens (primary N) is 1. The molecule has 0 spiro atoms. The first-order valence-electron chi connectivity index (χ1n) is 4.57. The highest BCUT2D eigenvalue weighted by Gasteiger charge is 2.11. The van der Waals surface area contributed by atoms with Crippen molar-refractivity contribution in [1.82, 2.24) is 5.06 Å². The van der Waals surface area contributed by atoms with Crippen LogP contribution in [0.4, 0.5) is 5.69 Å². The molecule has 1 aliphatic rings. The van der Waals surface area contributed by atoms with Crippen molar-refractivity contribution in [3.8, 4) is 0 Å². The number of nitrogens with zero attached hydrogens (tertiary/aromatic N) is 1. The van der Waals surface area contributed by atoms with Gasteiger partial charge in [-0.15, -0.1) is 0 Å². The van der Waals surface area contributed by atoms with E-state index in [0.717, 1.165) is 31.8 Å². The number of nitrogen functional groups attached to an aromatic ring is 1. The van der Waals surface area contributed by atoms with Crippen molar-refractivity contribution < 1.29 is 4.84 Å². The van der Waals surface area contributed by atoms with Gasteiger partial charge in [0, 0.05) is 18.8 Å². The molecular weight excluding hydrogens is 164 g/mol. The van der Waals surface area contributed by atoms with Gasteiger partial charge in [0.15, 0.2) is 0 Å². The van der Waals surface area contributed by atoms with E-state index in [2.05, 4.69) is 0 Å². The molecule has 0 radical (unpaired) electrons. The van der Waals surface area contributed by atoms with Crippen LogP contribution in [0.15, 0.2) is 24.3 Å². The van der Waals surface area contributed by atoms with Crippen molar-refractivity contribution in [1.29, 1.82) is 0 Å². The average Bonchev–Trinajstić information content (AvgIpc) is 2.62. The van der Waals surface area contributed by atoms with Gasteiger partial charge in [-0.3, -0.25) is 4.84 Å². The summed E-state index contributed by atoms with van der Waals surface area (Å²) in [7, 11) is 0. The predicted octanol–water partition coefficient (Wildman–Crippen LogP) is 1.41. The van der Waals surface area contributed by atoms with Gasteiger partial charge in [-0.2, -0.15) is 5.06 Å². The molecule has 0 bridgehead atoms. The lowest BCUT2D eigenvalue weighted by Crippen LogP contribution is -2.16. The van der Waals surface area contributed by atoms with Crippen molar-refractivity contribution >= 4 is 5.69 Å². The molecule has 1 heterocycles. The van der Waals surface area contributed by atoms with E-state index in [1.165, 1.54) is 5.56 Å². The smallest absolute Gasteiger partial charge is 0.0698 e. The van der Waals surface area contributed by atoms with Crippen LogP contribution >= 0.6 is 0 Å². The third-order valence-corrected chi connectivity index (χ3v) is 2.16. The fourth-order valence-electron chi connectivity index (χ4n) is 1.45. The molecule has 0 saturated carbocycles. The summed E-state index contributed by atoms with van der Waals surface area (Å²) in [5.74, 6) is 0. The Labute approximate surface area is 78.1 Å². The molecule has 0 aromatic heterocycles. The van der Waals surface area contributed by atoms with Crippen molar-refractivity contribution in [3.63, 3.8) is 0 Å². The fourth-order valence-corrected chi connectivity index (χ4v) is 1.45. The van der Waals surface area contributed by atoms with E-state index in [0.29, 0.717) is 0 Å². The number of hydroxylamine groups is 2. The van der Waals surface area contributed by atoms with Crippen molar-refractivity contribution in [2.45, 2.75) is 13.0 Å². The van der Waals surface area contributed by atoms with Crippen LogP contribution < -0.4 is 5.73 Å². The summed E-state index contributed by atoms with van der Waals surface area (Å²) in [5, 5.41) is 1.99. The van der Waals surface area contributed by atoms with Gasteiger partial charge in [0.05, 0.1) is 6.61 Å². The Hall–Kier alpha value is -1.06. The molecule has 3 heteroatoms. The van der Waals surface area contributed by atoms with Crippen LogP contribution in [0.2, 0.25) is 0 Å². The van der Waals surface area contributed by atoms with Gasteiger partial charge >= 0.3 is 0 Å².